The number of aromatic nitrogens is 4. The molecule has 0 radical (unpaired) electrons. The highest BCUT2D eigenvalue weighted by Gasteiger charge is 2.57. The highest BCUT2D eigenvalue weighted by molar-refractivity contribution is 7.52. The summed E-state index contributed by atoms with van der Waals surface area (Å²) in [6.45, 7) is 4.20. The van der Waals surface area contributed by atoms with Gasteiger partial charge in [0, 0.05) is 5.38 Å². The number of hydrogen-bond acceptors (Lipinski definition) is 12. The van der Waals surface area contributed by atoms with E-state index in [2.05, 4.69) is 31.3 Å². The van der Waals surface area contributed by atoms with Gasteiger partial charge in [0.25, 0.3) is 0 Å². The number of imidazole rings is 1. The number of aliphatic hydroxyl groups is 2. The number of nitrogens with two attached hydrogens (primary N) is 1. The third kappa shape index (κ3) is 6.37. The van der Waals surface area contributed by atoms with Gasteiger partial charge >= 0.3 is 13.7 Å². The second-order valence-corrected chi connectivity index (χ2v) is 11.0. The van der Waals surface area contributed by atoms with Crippen LogP contribution in [0.5, 0.6) is 5.75 Å². The minimum absolute atomic E-state index is 0.0603. The van der Waals surface area contributed by atoms with Crippen LogP contribution >= 0.6 is 19.3 Å². The number of esters is 1. The van der Waals surface area contributed by atoms with Crippen LogP contribution in [0.25, 0.3) is 11.2 Å². The van der Waals surface area contributed by atoms with Gasteiger partial charge in [-0.15, -0.1) is 0 Å². The number of ether oxygens (including phenoxy) is 2. The third-order valence-corrected chi connectivity index (χ3v) is 7.49. The Morgan fingerprint density at radius 2 is 2.05 bits per heavy atom. The van der Waals surface area contributed by atoms with Gasteiger partial charge in [-0.1, -0.05) is 18.2 Å². The fraction of sp³-hybridized carbons (Fsp3) is 0.417. The zero-order valence-corrected chi connectivity index (χ0v) is 23.3. The molecule has 1 aromatic carbocycles. The summed E-state index contributed by atoms with van der Waals surface area (Å²) in [5, 5.41) is 27.0. The topological polar surface area (TPSA) is 193 Å². The molecule has 14 nitrogen and oxygen atoms in total. The van der Waals surface area contributed by atoms with Crippen LogP contribution < -0.4 is 15.3 Å². The first-order valence-corrected chi connectivity index (χ1v) is 14.0. The number of fused-ring (bicyclic) bond motifs is 1. The number of para-hydroxylation sites is 1. The van der Waals surface area contributed by atoms with Gasteiger partial charge in [0.05, 0.1) is 25.2 Å². The number of carbonyl (C=O) groups excluding carboxylic acids is 1. The maximum absolute atomic E-state index is 13.8. The van der Waals surface area contributed by atoms with E-state index in [9.17, 15) is 19.6 Å². The van der Waals surface area contributed by atoms with Crippen LogP contribution in [-0.2, 0) is 23.4 Å². The van der Waals surface area contributed by atoms with E-state index in [1.807, 2.05) is 0 Å². The molecule has 0 amide bonds. The van der Waals surface area contributed by atoms with E-state index in [1.165, 1.54) is 36.1 Å². The van der Waals surface area contributed by atoms with Crippen LogP contribution in [0.4, 0.5) is 5.95 Å². The SMILES string of the molecule is CC(C)OC(=O)[C@H](C)NP(=O)(OC[C@H]1O[C@@H](n2cnc3cnc(N)nc32)C(O)(C#CCl)[C@H]1O)Oc1ccccc1. The first-order valence-electron chi connectivity index (χ1n) is 12.1. The molecule has 0 bridgehead atoms. The van der Waals surface area contributed by atoms with E-state index >= 15 is 0 Å². The van der Waals surface area contributed by atoms with E-state index < -0.39 is 56.5 Å². The number of rotatable bonds is 10. The summed E-state index contributed by atoms with van der Waals surface area (Å²) >= 11 is 5.61. The van der Waals surface area contributed by atoms with Crippen LogP contribution in [0.2, 0.25) is 0 Å². The Balaban J connectivity index is 1.59. The molecule has 5 N–H and O–H groups in total. The molecule has 3 heterocycles. The quantitative estimate of drug-likeness (QED) is 0.151. The summed E-state index contributed by atoms with van der Waals surface area (Å²) in [6, 6.07) is 7.02. The average Bonchev–Trinajstić information content (AvgIpc) is 3.41. The van der Waals surface area contributed by atoms with E-state index in [1.54, 1.807) is 32.0 Å². The van der Waals surface area contributed by atoms with Crippen LogP contribution in [0.15, 0.2) is 42.9 Å². The number of hydrogen-bond donors (Lipinski definition) is 4. The van der Waals surface area contributed by atoms with Crippen molar-refractivity contribution in [2.45, 2.75) is 57.0 Å². The molecule has 1 fully saturated rings. The van der Waals surface area contributed by atoms with E-state index in [0.29, 0.717) is 5.52 Å². The van der Waals surface area contributed by atoms with Gasteiger partial charge in [-0.05, 0) is 50.4 Å². The Bertz CT molecular complexity index is 1460. The summed E-state index contributed by atoms with van der Waals surface area (Å²) in [4.78, 5) is 24.5. The Labute approximate surface area is 234 Å². The van der Waals surface area contributed by atoms with Crippen molar-refractivity contribution in [1.82, 2.24) is 24.6 Å². The number of benzene rings is 1. The molecule has 0 spiro atoms. The minimum atomic E-state index is -4.30. The fourth-order valence-corrected chi connectivity index (χ4v) is 5.56. The van der Waals surface area contributed by atoms with Crippen molar-refractivity contribution in [2.75, 3.05) is 12.3 Å². The van der Waals surface area contributed by atoms with Crippen molar-refractivity contribution < 1.29 is 38.1 Å². The van der Waals surface area contributed by atoms with E-state index in [-0.39, 0.29) is 17.3 Å². The van der Waals surface area contributed by atoms with Gasteiger partial charge in [0.1, 0.15) is 29.5 Å². The first-order chi connectivity index (χ1) is 19.0. The second-order valence-electron chi connectivity index (χ2n) is 9.14. The fourth-order valence-electron chi connectivity index (χ4n) is 3.91. The molecule has 6 atom stereocenters. The van der Waals surface area contributed by atoms with Crippen LogP contribution in [0.1, 0.15) is 27.0 Å². The number of carbonyl (C=O) groups is 1. The Morgan fingerprint density at radius 1 is 1.32 bits per heavy atom. The Hall–Kier alpha value is -3.28. The molecule has 2 aromatic heterocycles. The third-order valence-electron chi connectivity index (χ3n) is 5.75. The molecular weight excluding hydrogens is 567 g/mol. The first kappa shape index (κ1) is 29.7. The molecule has 1 aliphatic heterocycles. The maximum atomic E-state index is 13.8. The Kier molecular flexibility index (Phi) is 8.96. The van der Waals surface area contributed by atoms with Gasteiger partial charge in [-0.2, -0.15) is 10.1 Å². The van der Waals surface area contributed by atoms with Gasteiger partial charge in [0.2, 0.25) is 11.5 Å². The lowest BCUT2D eigenvalue weighted by Crippen LogP contribution is -2.46. The number of nitrogen functional groups attached to an aromatic ring is 1. The van der Waals surface area contributed by atoms with Crippen molar-refractivity contribution in [3.05, 3.63) is 42.9 Å². The molecule has 4 rings (SSSR count). The lowest BCUT2D eigenvalue weighted by Gasteiger charge is -2.26. The smallest absolute Gasteiger partial charge is 0.459 e. The zero-order chi connectivity index (χ0) is 29.1. The lowest BCUT2D eigenvalue weighted by atomic mass is 9.95. The number of nitrogens with one attached hydrogen (secondary N) is 1. The molecule has 0 aliphatic carbocycles. The molecule has 3 aromatic rings. The zero-order valence-electron chi connectivity index (χ0n) is 21.7. The monoisotopic (exact) mass is 594 g/mol. The van der Waals surface area contributed by atoms with Crippen molar-refractivity contribution in [1.29, 1.82) is 0 Å². The standard InChI is InChI=1S/C24H28ClN6O8P/c1-14(2)37-21(33)15(3)30-40(35,39-16-7-5-4-6-8-16)36-12-18-19(32)24(34,9-10-25)22(38-18)31-13-28-17-11-27-23(26)29-20(17)31/h4-8,11,13-15,18-19,22,32,34H,12H2,1-3H3,(H,30,35)(H2,26,27,29)/t15-,18+,19-,22+,24?,40?/m0/s1. The maximum Gasteiger partial charge on any atom is 0.459 e. The molecule has 1 saturated heterocycles. The predicted molar refractivity (Wildman–Crippen MR) is 143 cm³/mol. The van der Waals surface area contributed by atoms with Gasteiger partial charge < -0.3 is 29.9 Å². The van der Waals surface area contributed by atoms with Crippen LogP contribution in [0, 0.1) is 11.3 Å². The Morgan fingerprint density at radius 3 is 2.73 bits per heavy atom. The molecular formula is C24H28ClN6O8P. The van der Waals surface area contributed by atoms with Crippen molar-refractivity contribution in [3.63, 3.8) is 0 Å². The van der Waals surface area contributed by atoms with Gasteiger partial charge in [-0.25, -0.2) is 14.5 Å². The average molecular weight is 595 g/mol. The number of nitrogens with zero attached hydrogens (tertiary/aromatic N) is 4. The predicted octanol–water partition coefficient (Wildman–Crippen LogP) is 1.73. The van der Waals surface area contributed by atoms with Crippen LogP contribution in [-0.4, -0.2) is 72.3 Å². The number of aliphatic hydroxyl groups excluding tert-OH is 1. The highest BCUT2D eigenvalue weighted by Crippen LogP contribution is 2.47. The van der Waals surface area contributed by atoms with Crippen molar-refractivity contribution in [3.8, 4) is 17.0 Å². The molecule has 0 saturated carbocycles. The number of halogens is 1. The van der Waals surface area contributed by atoms with Crippen LogP contribution in [0.3, 0.4) is 0 Å². The largest absolute Gasteiger partial charge is 0.462 e. The summed E-state index contributed by atoms with van der Waals surface area (Å²) in [5.41, 5.74) is 3.97. The summed E-state index contributed by atoms with van der Waals surface area (Å²) < 4.78 is 37.4. The molecule has 2 unspecified atom stereocenters. The van der Waals surface area contributed by atoms with Gasteiger partial charge in [-0.3, -0.25) is 13.9 Å². The molecule has 1 aliphatic rings. The normalized spacial score (nSPS) is 24.7. The van der Waals surface area contributed by atoms with E-state index in [0.717, 1.165) is 0 Å². The summed E-state index contributed by atoms with van der Waals surface area (Å²) in [5.74, 6) is 1.79. The van der Waals surface area contributed by atoms with E-state index in [4.69, 9.17) is 35.9 Å². The van der Waals surface area contributed by atoms with Crippen molar-refractivity contribution >= 4 is 42.4 Å². The molecule has 40 heavy (non-hydrogen) atoms. The minimum Gasteiger partial charge on any atom is -0.462 e. The van der Waals surface area contributed by atoms with Gasteiger partial charge in [0.15, 0.2) is 11.9 Å². The molecule has 16 heteroatoms. The lowest BCUT2D eigenvalue weighted by molar-refractivity contribution is -0.149. The highest BCUT2D eigenvalue weighted by atomic mass is 35.5. The number of anilines is 1. The summed E-state index contributed by atoms with van der Waals surface area (Å²) in [6.07, 6.45) is -2.14. The second kappa shape index (κ2) is 12.1. The molecule has 214 valence electrons. The summed E-state index contributed by atoms with van der Waals surface area (Å²) in [7, 11) is -4.30. The van der Waals surface area contributed by atoms with Crippen molar-refractivity contribution in [2.24, 2.45) is 0 Å².